The highest BCUT2D eigenvalue weighted by Gasteiger charge is 2.12. The second kappa shape index (κ2) is 7.42. The molecule has 0 saturated carbocycles. The van der Waals surface area contributed by atoms with E-state index >= 15 is 0 Å². The summed E-state index contributed by atoms with van der Waals surface area (Å²) in [5.41, 5.74) is 2.96. The summed E-state index contributed by atoms with van der Waals surface area (Å²) in [4.78, 5) is 23.6. The van der Waals surface area contributed by atoms with Crippen molar-refractivity contribution >= 4 is 16.9 Å². The third kappa shape index (κ3) is 4.04. The number of hydrogen-bond donors (Lipinski definition) is 2. The van der Waals surface area contributed by atoms with E-state index in [9.17, 15) is 4.79 Å². The average molecular weight is 367 g/mol. The van der Waals surface area contributed by atoms with Gasteiger partial charge in [-0.15, -0.1) is 0 Å². The Balaban J connectivity index is 1.23. The second-order valence-corrected chi connectivity index (χ2v) is 5.97. The number of aryl methyl sites for hydroxylation is 1. The number of furan rings is 1. The van der Waals surface area contributed by atoms with Crippen molar-refractivity contribution in [1.29, 1.82) is 0 Å². The van der Waals surface area contributed by atoms with Gasteiger partial charge >= 0.3 is 0 Å². The van der Waals surface area contributed by atoms with Crippen molar-refractivity contribution in [3.63, 3.8) is 0 Å². The van der Waals surface area contributed by atoms with Gasteiger partial charge in [0.25, 0.3) is 5.89 Å². The highest BCUT2D eigenvalue weighted by molar-refractivity contribution is 5.77. The number of ether oxygens (including phenoxy) is 1. The van der Waals surface area contributed by atoms with Crippen LogP contribution in [-0.2, 0) is 22.7 Å². The van der Waals surface area contributed by atoms with Crippen LogP contribution in [-0.4, -0.2) is 32.6 Å². The lowest BCUT2D eigenvalue weighted by molar-refractivity contribution is -0.126. The number of hydrogen-bond acceptors (Lipinski definition) is 7. The minimum Gasteiger partial charge on any atom is -0.459 e. The molecule has 138 valence electrons. The van der Waals surface area contributed by atoms with Crippen LogP contribution >= 0.6 is 0 Å². The number of H-pyrrole nitrogens is 1. The van der Waals surface area contributed by atoms with Crippen molar-refractivity contribution in [2.75, 3.05) is 6.61 Å². The number of nitrogens with one attached hydrogen (secondary N) is 2. The van der Waals surface area contributed by atoms with Gasteiger partial charge in [-0.25, -0.2) is 4.98 Å². The fraction of sp³-hybridized carbons (Fsp3) is 0.222. The lowest BCUT2D eigenvalue weighted by Gasteiger charge is -2.03. The van der Waals surface area contributed by atoms with Crippen LogP contribution in [0, 0.1) is 6.92 Å². The fourth-order valence-electron chi connectivity index (χ4n) is 2.54. The van der Waals surface area contributed by atoms with Crippen LogP contribution in [0.1, 0.15) is 17.2 Å². The molecule has 27 heavy (non-hydrogen) atoms. The number of aromatic nitrogens is 4. The summed E-state index contributed by atoms with van der Waals surface area (Å²) in [5, 5.41) is 6.45. The Bertz CT molecular complexity index is 1050. The molecule has 0 saturated heterocycles. The quantitative estimate of drug-likeness (QED) is 0.514. The van der Waals surface area contributed by atoms with E-state index in [0.29, 0.717) is 17.4 Å². The maximum absolute atomic E-state index is 11.9. The van der Waals surface area contributed by atoms with Crippen LogP contribution in [0.5, 0.6) is 0 Å². The first-order valence-corrected chi connectivity index (χ1v) is 8.33. The van der Waals surface area contributed by atoms with Crippen LogP contribution in [0.25, 0.3) is 22.7 Å². The molecule has 4 rings (SSSR count). The Hall–Kier alpha value is -3.46. The summed E-state index contributed by atoms with van der Waals surface area (Å²) in [7, 11) is 0. The number of fused-ring (bicyclic) bond motifs is 1. The Morgan fingerprint density at radius 3 is 3.07 bits per heavy atom. The lowest BCUT2D eigenvalue weighted by atomic mass is 10.2. The molecule has 0 aliphatic carbocycles. The van der Waals surface area contributed by atoms with E-state index in [1.807, 2.05) is 25.1 Å². The third-order valence-corrected chi connectivity index (χ3v) is 3.80. The first-order valence-electron chi connectivity index (χ1n) is 8.33. The van der Waals surface area contributed by atoms with E-state index in [0.717, 1.165) is 16.6 Å². The van der Waals surface area contributed by atoms with Crippen LogP contribution < -0.4 is 5.32 Å². The molecule has 0 atom stereocenters. The number of carbonyl (C=O) groups is 1. The van der Waals surface area contributed by atoms with Gasteiger partial charge in [-0.3, -0.25) is 4.79 Å². The summed E-state index contributed by atoms with van der Waals surface area (Å²) in [6.45, 7) is 2.27. The number of carbonyl (C=O) groups excluding carboxylic acids is 1. The van der Waals surface area contributed by atoms with Gasteiger partial charge in [0, 0.05) is 0 Å². The number of aromatic amines is 1. The zero-order valence-electron chi connectivity index (χ0n) is 14.6. The van der Waals surface area contributed by atoms with Crippen LogP contribution in [0.2, 0.25) is 0 Å². The lowest BCUT2D eigenvalue weighted by Crippen LogP contribution is -2.27. The topological polar surface area (TPSA) is 119 Å². The zero-order chi connectivity index (χ0) is 18.6. The molecule has 3 aromatic heterocycles. The molecule has 0 bridgehead atoms. The van der Waals surface area contributed by atoms with Gasteiger partial charge in [0.1, 0.15) is 19.0 Å². The number of imidazole rings is 1. The summed E-state index contributed by atoms with van der Waals surface area (Å²) < 4.78 is 15.6. The van der Waals surface area contributed by atoms with Crippen molar-refractivity contribution < 1.29 is 18.5 Å². The van der Waals surface area contributed by atoms with Gasteiger partial charge < -0.3 is 24.0 Å². The molecule has 0 radical (unpaired) electrons. The molecule has 9 heteroatoms. The largest absolute Gasteiger partial charge is 0.459 e. The van der Waals surface area contributed by atoms with Gasteiger partial charge in [0.2, 0.25) is 5.91 Å². The molecule has 1 amide bonds. The second-order valence-electron chi connectivity index (χ2n) is 5.97. The molecule has 0 spiro atoms. The van der Waals surface area contributed by atoms with Crippen LogP contribution in [0.3, 0.4) is 0 Å². The molecule has 0 aliphatic rings. The molecule has 0 fully saturated rings. The molecule has 3 heterocycles. The van der Waals surface area contributed by atoms with Crippen molar-refractivity contribution in [1.82, 2.24) is 25.4 Å². The molecule has 1 aromatic carbocycles. The predicted molar refractivity (Wildman–Crippen MR) is 94.3 cm³/mol. The van der Waals surface area contributed by atoms with E-state index in [1.165, 1.54) is 6.26 Å². The van der Waals surface area contributed by atoms with Crippen molar-refractivity contribution in [3.8, 4) is 11.7 Å². The summed E-state index contributed by atoms with van der Waals surface area (Å²) in [5.74, 6) is 1.48. The molecule has 0 unspecified atom stereocenters. The average Bonchev–Trinajstić information content (AvgIpc) is 3.39. The Morgan fingerprint density at radius 1 is 1.30 bits per heavy atom. The fourth-order valence-corrected chi connectivity index (χ4v) is 2.54. The maximum Gasteiger partial charge on any atom is 0.293 e. The molecule has 4 aromatic rings. The number of nitrogens with zero attached hydrogens (tertiary/aromatic N) is 3. The SMILES string of the molecule is Cc1ccc2nc(COCC(=O)NCc3noc(-c4ccco4)n3)[nH]c2c1. The zero-order valence-corrected chi connectivity index (χ0v) is 14.6. The Morgan fingerprint density at radius 2 is 2.22 bits per heavy atom. The summed E-state index contributed by atoms with van der Waals surface area (Å²) in [6, 6.07) is 9.39. The molecular formula is C18H17N5O4. The number of benzene rings is 1. The summed E-state index contributed by atoms with van der Waals surface area (Å²) in [6.07, 6.45) is 1.52. The molecule has 9 nitrogen and oxygen atoms in total. The highest BCUT2D eigenvalue weighted by atomic mass is 16.5. The number of amides is 1. The van der Waals surface area contributed by atoms with E-state index in [1.54, 1.807) is 12.1 Å². The van der Waals surface area contributed by atoms with Crippen LogP contribution in [0.4, 0.5) is 0 Å². The standard InChI is InChI=1S/C18H17N5O4/c1-11-4-5-12-13(7-11)21-16(20-12)9-25-10-17(24)19-8-15-22-18(27-23-15)14-3-2-6-26-14/h2-7H,8-10H2,1H3,(H,19,24)(H,20,21). The monoisotopic (exact) mass is 367 g/mol. The highest BCUT2D eigenvalue weighted by Crippen LogP contribution is 2.17. The Kier molecular flexibility index (Phi) is 4.67. The first-order chi connectivity index (χ1) is 13.2. The third-order valence-electron chi connectivity index (χ3n) is 3.80. The summed E-state index contributed by atoms with van der Waals surface area (Å²) >= 11 is 0. The first kappa shape index (κ1) is 17.0. The van der Waals surface area contributed by atoms with Gasteiger partial charge in [0.05, 0.1) is 23.8 Å². The predicted octanol–water partition coefficient (Wildman–Crippen LogP) is 2.35. The van der Waals surface area contributed by atoms with E-state index in [4.69, 9.17) is 13.7 Å². The van der Waals surface area contributed by atoms with E-state index < -0.39 is 0 Å². The van der Waals surface area contributed by atoms with Gasteiger partial charge in [-0.2, -0.15) is 4.98 Å². The van der Waals surface area contributed by atoms with Gasteiger partial charge in [-0.1, -0.05) is 11.2 Å². The number of rotatable bonds is 7. The minimum atomic E-state index is -0.286. The normalized spacial score (nSPS) is 11.1. The smallest absolute Gasteiger partial charge is 0.293 e. The van der Waals surface area contributed by atoms with Crippen LogP contribution in [0.15, 0.2) is 45.5 Å². The van der Waals surface area contributed by atoms with Gasteiger partial charge in [-0.05, 0) is 36.8 Å². The van der Waals surface area contributed by atoms with E-state index in [2.05, 4.69) is 25.4 Å². The van der Waals surface area contributed by atoms with Gasteiger partial charge in [0.15, 0.2) is 11.6 Å². The maximum atomic E-state index is 11.9. The minimum absolute atomic E-state index is 0.0982. The van der Waals surface area contributed by atoms with E-state index in [-0.39, 0.29) is 31.6 Å². The van der Waals surface area contributed by atoms with Crippen molar-refractivity contribution in [2.45, 2.75) is 20.1 Å². The molecule has 2 N–H and O–H groups in total. The van der Waals surface area contributed by atoms with Crippen molar-refractivity contribution in [2.24, 2.45) is 0 Å². The molecule has 0 aliphatic heterocycles. The Labute approximate surface area is 153 Å². The molecular weight excluding hydrogens is 350 g/mol. The van der Waals surface area contributed by atoms with Crippen molar-refractivity contribution in [3.05, 3.63) is 53.8 Å².